The molecular weight excluding hydrogens is 382 g/mol. The molecule has 0 aliphatic rings. The minimum atomic E-state index is 0.451. The smallest absolute Gasteiger partial charge is 0.210 e. The molecule has 0 saturated heterocycles. The molecule has 0 atom stereocenters. The number of nitrogen functional groups attached to an aromatic ring is 1. The van der Waals surface area contributed by atoms with Crippen molar-refractivity contribution in [1.29, 1.82) is 0 Å². The van der Waals surface area contributed by atoms with Crippen LogP contribution >= 0.6 is 11.8 Å². The number of hydrogen-bond donors (Lipinski definition) is 1. The van der Waals surface area contributed by atoms with Gasteiger partial charge in [-0.1, -0.05) is 59.8 Å². The van der Waals surface area contributed by atoms with Crippen molar-refractivity contribution in [2.75, 3.05) is 5.84 Å². The van der Waals surface area contributed by atoms with Crippen LogP contribution in [0.15, 0.2) is 78.1 Å². The number of pyridine rings is 1. The highest BCUT2D eigenvalue weighted by Crippen LogP contribution is 2.25. The summed E-state index contributed by atoms with van der Waals surface area (Å²) in [4.78, 5) is 4.26. The molecule has 2 aromatic carbocycles. The number of nitrogens with two attached hydrogens (primary N) is 1. The van der Waals surface area contributed by atoms with Crippen LogP contribution in [-0.4, -0.2) is 19.9 Å². The summed E-state index contributed by atoms with van der Waals surface area (Å²) in [7, 11) is 0. The molecule has 0 radical (unpaired) electrons. The third-order valence-electron chi connectivity index (χ3n) is 4.38. The molecule has 4 aromatic rings. The third-order valence-corrected chi connectivity index (χ3v) is 5.39. The Hall–Kier alpha value is -3.32. The summed E-state index contributed by atoms with van der Waals surface area (Å²) in [6, 6.07) is 21.9. The van der Waals surface area contributed by atoms with Crippen LogP contribution in [0.25, 0.3) is 11.4 Å². The molecule has 0 amide bonds. The minimum Gasteiger partial charge on any atom is -0.487 e. The Morgan fingerprint density at radius 3 is 2.48 bits per heavy atom. The quantitative estimate of drug-likeness (QED) is 0.367. The molecule has 29 heavy (non-hydrogen) atoms. The van der Waals surface area contributed by atoms with Gasteiger partial charge in [-0.05, 0) is 36.8 Å². The fourth-order valence-electron chi connectivity index (χ4n) is 2.75. The number of ether oxygens (including phenoxy) is 1. The van der Waals surface area contributed by atoms with Crippen molar-refractivity contribution in [2.24, 2.45) is 0 Å². The van der Waals surface area contributed by atoms with Gasteiger partial charge >= 0.3 is 0 Å². The van der Waals surface area contributed by atoms with Gasteiger partial charge in [0.15, 0.2) is 5.82 Å². The van der Waals surface area contributed by atoms with Gasteiger partial charge in [-0.3, -0.25) is 4.98 Å². The molecular formula is C22H21N5OS. The first kappa shape index (κ1) is 19.0. The lowest BCUT2D eigenvalue weighted by molar-refractivity contribution is 0.301. The predicted octanol–water partition coefficient (Wildman–Crippen LogP) is 4.23. The molecule has 0 fully saturated rings. The molecule has 0 saturated carbocycles. The molecule has 4 rings (SSSR count). The van der Waals surface area contributed by atoms with E-state index in [-0.39, 0.29) is 0 Å². The second-order valence-corrected chi connectivity index (χ2v) is 7.53. The lowest BCUT2D eigenvalue weighted by Gasteiger charge is -2.07. The molecule has 6 nitrogen and oxygen atoms in total. The number of aryl methyl sites for hydroxylation is 1. The van der Waals surface area contributed by atoms with Gasteiger partial charge in [0.1, 0.15) is 12.4 Å². The van der Waals surface area contributed by atoms with E-state index in [4.69, 9.17) is 10.6 Å². The Kier molecular flexibility index (Phi) is 5.76. The summed E-state index contributed by atoms with van der Waals surface area (Å²) in [5.41, 5.74) is 4.20. The van der Waals surface area contributed by atoms with Crippen LogP contribution in [0.5, 0.6) is 5.75 Å². The lowest BCUT2D eigenvalue weighted by Crippen LogP contribution is -2.11. The maximum absolute atomic E-state index is 6.20. The summed E-state index contributed by atoms with van der Waals surface area (Å²) in [6.45, 7) is 2.50. The van der Waals surface area contributed by atoms with E-state index in [0.29, 0.717) is 17.6 Å². The Balaban J connectivity index is 1.35. The maximum atomic E-state index is 6.20. The second kappa shape index (κ2) is 8.79. The van der Waals surface area contributed by atoms with Gasteiger partial charge in [0.05, 0.1) is 5.69 Å². The van der Waals surface area contributed by atoms with E-state index in [0.717, 1.165) is 28.3 Å². The Morgan fingerprint density at radius 2 is 1.76 bits per heavy atom. The van der Waals surface area contributed by atoms with Gasteiger partial charge in [0.2, 0.25) is 5.16 Å². The van der Waals surface area contributed by atoms with Crippen molar-refractivity contribution in [3.63, 3.8) is 0 Å². The van der Waals surface area contributed by atoms with Crippen LogP contribution in [0.2, 0.25) is 0 Å². The van der Waals surface area contributed by atoms with E-state index in [2.05, 4.69) is 15.2 Å². The van der Waals surface area contributed by atoms with Crippen molar-refractivity contribution in [3.8, 4) is 17.1 Å². The van der Waals surface area contributed by atoms with Crippen molar-refractivity contribution in [1.82, 2.24) is 19.9 Å². The first-order valence-corrected chi connectivity index (χ1v) is 10.2. The Bertz CT molecular complexity index is 1060. The van der Waals surface area contributed by atoms with Gasteiger partial charge in [0, 0.05) is 17.5 Å². The topological polar surface area (TPSA) is 78.9 Å². The van der Waals surface area contributed by atoms with E-state index in [1.807, 2.05) is 73.7 Å². The number of thioether (sulfide) groups is 1. The predicted molar refractivity (Wildman–Crippen MR) is 115 cm³/mol. The SMILES string of the molecule is Cc1ccc(-c2nnc(SCc3ccc(OCc4ccccn4)cc3)n2N)cc1. The van der Waals surface area contributed by atoms with E-state index in [1.165, 1.54) is 5.56 Å². The second-order valence-electron chi connectivity index (χ2n) is 6.58. The standard InChI is InChI=1S/C22H21N5OS/c1-16-5-9-18(10-6-16)21-25-26-22(27(21)23)29-15-17-7-11-20(12-8-17)28-14-19-4-2-3-13-24-19/h2-13H,14-15,23H2,1H3. The average Bonchev–Trinajstić information content (AvgIpc) is 3.13. The molecule has 0 aliphatic carbocycles. The summed E-state index contributed by atoms with van der Waals surface area (Å²) < 4.78 is 7.32. The average molecular weight is 404 g/mol. The highest BCUT2D eigenvalue weighted by Gasteiger charge is 2.12. The molecule has 0 unspecified atom stereocenters. The third kappa shape index (κ3) is 4.75. The largest absolute Gasteiger partial charge is 0.487 e. The van der Waals surface area contributed by atoms with Gasteiger partial charge in [-0.25, -0.2) is 4.68 Å². The molecule has 2 N–H and O–H groups in total. The molecule has 146 valence electrons. The minimum absolute atomic E-state index is 0.451. The number of aromatic nitrogens is 4. The van der Waals surface area contributed by atoms with Gasteiger partial charge in [0.25, 0.3) is 0 Å². The lowest BCUT2D eigenvalue weighted by atomic mass is 10.1. The van der Waals surface area contributed by atoms with Crippen molar-refractivity contribution < 1.29 is 4.74 Å². The fourth-order valence-corrected chi connectivity index (χ4v) is 3.56. The molecule has 0 aliphatic heterocycles. The van der Waals surface area contributed by atoms with E-state index in [9.17, 15) is 0 Å². The normalized spacial score (nSPS) is 10.8. The van der Waals surface area contributed by atoms with Crippen molar-refractivity contribution >= 4 is 11.8 Å². The van der Waals surface area contributed by atoms with Crippen LogP contribution < -0.4 is 10.6 Å². The number of nitrogens with zero attached hydrogens (tertiary/aromatic N) is 4. The summed E-state index contributed by atoms with van der Waals surface area (Å²) in [5, 5.41) is 9.14. The van der Waals surface area contributed by atoms with Crippen LogP contribution in [0.3, 0.4) is 0 Å². The molecule has 7 heteroatoms. The zero-order valence-corrected chi connectivity index (χ0v) is 16.8. The first-order chi connectivity index (χ1) is 14.2. The van der Waals surface area contributed by atoms with Crippen LogP contribution in [0.1, 0.15) is 16.8 Å². The number of hydrogen-bond acceptors (Lipinski definition) is 6. The molecule has 2 aromatic heterocycles. The zero-order chi connectivity index (χ0) is 20.1. The summed E-state index contributed by atoms with van der Waals surface area (Å²) >= 11 is 1.55. The van der Waals surface area contributed by atoms with Crippen molar-refractivity contribution in [3.05, 3.63) is 89.7 Å². The monoisotopic (exact) mass is 403 g/mol. The van der Waals surface area contributed by atoms with E-state index >= 15 is 0 Å². The van der Waals surface area contributed by atoms with E-state index in [1.54, 1.807) is 22.6 Å². The Labute approximate surface area is 173 Å². The van der Waals surface area contributed by atoms with Crippen LogP contribution in [0.4, 0.5) is 0 Å². The molecule has 0 bridgehead atoms. The number of benzene rings is 2. The molecule has 0 spiro atoms. The highest BCUT2D eigenvalue weighted by atomic mass is 32.2. The van der Waals surface area contributed by atoms with Gasteiger partial charge < -0.3 is 10.6 Å². The Morgan fingerprint density at radius 1 is 0.966 bits per heavy atom. The van der Waals surface area contributed by atoms with Crippen molar-refractivity contribution in [2.45, 2.75) is 24.4 Å². The van der Waals surface area contributed by atoms with Crippen LogP contribution in [-0.2, 0) is 12.4 Å². The number of rotatable bonds is 7. The first-order valence-electron chi connectivity index (χ1n) is 9.21. The maximum Gasteiger partial charge on any atom is 0.210 e. The van der Waals surface area contributed by atoms with Gasteiger partial charge in [-0.15, -0.1) is 10.2 Å². The highest BCUT2D eigenvalue weighted by molar-refractivity contribution is 7.98. The van der Waals surface area contributed by atoms with Crippen LogP contribution in [0, 0.1) is 6.92 Å². The van der Waals surface area contributed by atoms with Gasteiger partial charge in [-0.2, -0.15) is 0 Å². The summed E-state index contributed by atoms with van der Waals surface area (Å²) in [5.74, 6) is 8.41. The fraction of sp³-hybridized carbons (Fsp3) is 0.136. The zero-order valence-electron chi connectivity index (χ0n) is 16.0. The summed E-state index contributed by atoms with van der Waals surface area (Å²) in [6.07, 6.45) is 1.76. The molecule has 2 heterocycles. The van der Waals surface area contributed by atoms with E-state index < -0.39 is 0 Å².